The molecule has 0 bridgehead atoms. The monoisotopic (exact) mass is 329 g/mol. The number of halogens is 1. The van der Waals surface area contributed by atoms with Gasteiger partial charge in [0.25, 0.3) is 5.91 Å². The van der Waals surface area contributed by atoms with Crippen LogP contribution in [-0.2, 0) is 0 Å². The molecule has 0 N–H and O–H groups in total. The average Bonchev–Trinajstić information content (AvgIpc) is 2.83. The fourth-order valence-electron chi connectivity index (χ4n) is 2.82. The number of hydrogen-bond donors (Lipinski definition) is 0. The summed E-state index contributed by atoms with van der Waals surface area (Å²) in [5.74, 6) is 0.514. The summed E-state index contributed by atoms with van der Waals surface area (Å²) in [5, 5.41) is 0.420. The Balaban J connectivity index is 1.70. The molecule has 1 amide bonds. The molecule has 1 saturated heterocycles. The van der Waals surface area contributed by atoms with E-state index in [2.05, 4.69) is 24.3 Å². The second-order valence-corrected chi connectivity index (χ2v) is 7.13. The first kappa shape index (κ1) is 16.1. The Labute approximate surface area is 140 Å². The number of aryl methyl sites for hydroxylation is 1. The molecule has 1 atom stereocenters. The maximum Gasteiger partial charge on any atom is 0.253 e. The first-order valence-electron chi connectivity index (χ1n) is 7.87. The Bertz CT molecular complexity index is 689. The van der Waals surface area contributed by atoms with Gasteiger partial charge in [-0.15, -0.1) is 0 Å². The van der Waals surface area contributed by atoms with Crippen molar-refractivity contribution in [2.75, 3.05) is 18.8 Å². The molecule has 2 nitrogen and oxygen atoms in total. The summed E-state index contributed by atoms with van der Waals surface area (Å²) in [4.78, 5) is 14.5. The van der Waals surface area contributed by atoms with Crippen LogP contribution in [0.1, 0.15) is 33.2 Å². The minimum Gasteiger partial charge on any atom is -0.338 e. The molecule has 1 aliphatic rings. The van der Waals surface area contributed by atoms with Crippen LogP contribution in [0.15, 0.2) is 48.5 Å². The number of amides is 1. The molecule has 0 aliphatic carbocycles. The van der Waals surface area contributed by atoms with E-state index < -0.39 is 0 Å². The Morgan fingerprint density at radius 1 is 1.17 bits per heavy atom. The van der Waals surface area contributed by atoms with Crippen LogP contribution < -0.4 is 0 Å². The number of nitrogens with zero attached hydrogens (tertiary/aromatic N) is 1. The highest BCUT2D eigenvalue weighted by Gasteiger charge is 2.23. The third-order valence-electron chi connectivity index (χ3n) is 4.22. The van der Waals surface area contributed by atoms with Crippen LogP contribution in [0.2, 0.25) is 0 Å². The minimum atomic E-state index is -0.317. The average molecular weight is 329 g/mol. The Kier molecular flexibility index (Phi) is 5.01. The molecule has 4 heteroatoms. The van der Waals surface area contributed by atoms with Crippen molar-refractivity contribution >= 4 is 17.7 Å². The van der Waals surface area contributed by atoms with Gasteiger partial charge < -0.3 is 4.90 Å². The molecule has 0 radical (unpaired) electrons. The summed E-state index contributed by atoms with van der Waals surface area (Å²) in [5.41, 5.74) is 2.32. The first-order chi connectivity index (χ1) is 11.1. The van der Waals surface area contributed by atoms with Gasteiger partial charge in [-0.3, -0.25) is 4.79 Å². The maximum atomic E-state index is 13.7. The predicted octanol–water partition coefficient (Wildman–Crippen LogP) is 4.45. The summed E-state index contributed by atoms with van der Waals surface area (Å²) in [7, 11) is 0. The van der Waals surface area contributed by atoms with Gasteiger partial charge in [0.05, 0.1) is 0 Å². The molecule has 1 heterocycles. The molecule has 120 valence electrons. The van der Waals surface area contributed by atoms with E-state index in [4.69, 9.17) is 0 Å². The molecule has 0 aromatic heterocycles. The molecule has 3 rings (SSSR count). The lowest BCUT2D eigenvalue weighted by molar-refractivity contribution is 0.0766. The standard InChI is InChI=1S/C19H20FNOS/c1-14-7-8-16(13-17(14)20)19(22)21-10-9-18(23-12-11-21)15-5-3-2-4-6-15/h2-8,13,18H,9-12H2,1H3. The van der Waals surface area contributed by atoms with Crippen LogP contribution in [0.3, 0.4) is 0 Å². The number of rotatable bonds is 2. The highest BCUT2D eigenvalue weighted by molar-refractivity contribution is 7.99. The molecule has 1 fully saturated rings. The molecule has 1 aliphatic heterocycles. The van der Waals surface area contributed by atoms with Crippen LogP contribution in [0.25, 0.3) is 0 Å². The van der Waals surface area contributed by atoms with Crippen LogP contribution in [0.5, 0.6) is 0 Å². The molecule has 2 aromatic carbocycles. The predicted molar refractivity (Wildman–Crippen MR) is 93.3 cm³/mol. The quantitative estimate of drug-likeness (QED) is 0.811. The van der Waals surface area contributed by atoms with Gasteiger partial charge in [0.2, 0.25) is 0 Å². The topological polar surface area (TPSA) is 20.3 Å². The second kappa shape index (κ2) is 7.18. The van der Waals surface area contributed by atoms with E-state index in [0.29, 0.717) is 29.5 Å². The first-order valence-corrected chi connectivity index (χ1v) is 8.92. The van der Waals surface area contributed by atoms with Gasteiger partial charge in [0.1, 0.15) is 5.82 Å². The van der Waals surface area contributed by atoms with Gasteiger partial charge in [0.15, 0.2) is 0 Å². The van der Waals surface area contributed by atoms with E-state index in [9.17, 15) is 9.18 Å². The van der Waals surface area contributed by atoms with Gasteiger partial charge in [-0.05, 0) is 36.6 Å². The normalized spacial score (nSPS) is 18.5. The lowest BCUT2D eigenvalue weighted by atomic mass is 10.1. The van der Waals surface area contributed by atoms with Gasteiger partial charge in [0, 0.05) is 29.7 Å². The Morgan fingerprint density at radius 2 is 1.96 bits per heavy atom. The van der Waals surface area contributed by atoms with Crippen molar-refractivity contribution in [1.29, 1.82) is 0 Å². The highest BCUT2D eigenvalue weighted by atomic mass is 32.2. The van der Waals surface area contributed by atoms with Gasteiger partial charge in [-0.25, -0.2) is 4.39 Å². The van der Waals surface area contributed by atoms with Crippen molar-refractivity contribution in [2.45, 2.75) is 18.6 Å². The second-order valence-electron chi connectivity index (χ2n) is 5.81. The fourth-order valence-corrected chi connectivity index (χ4v) is 4.05. The van der Waals surface area contributed by atoms with Crippen LogP contribution in [0.4, 0.5) is 4.39 Å². The SMILES string of the molecule is Cc1ccc(C(=O)N2CCSC(c3ccccc3)CC2)cc1F. The van der Waals surface area contributed by atoms with Gasteiger partial charge in [-0.2, -0.15) is 11.8 Å². The zero-order valence-electron chi connectivity index (χ0n) is 13.2. The van der Waals surface area contributed by atoms with E-state index >= 15 is 0 Å². The van der Waals surface area contributed by atoms with Crippen molar-refractivity contribution in [2.24, 2.45) is 0 Å². The molecule has 1 unspecified atom stereocenters. The van der Waals surface area contributed by atoms with E-state index in [1.54, 1.807) is 19.1 Å². The van der Waals surface area contributed by atoms with Crippen molar-refractivity contribution in [3.05, 3.63) is 71.0 Å². The van der Waals surface area contributed by atoms with Crippen molar-refractivity contribution in [3.8, 4) is 0 Å². The van der Waals surface area contributed by atoms with Gasteiger partial charge in [-0.1, -0.05) is 36.4 Å². The summed E-state index contributed by atoms with van der Waals surface area (Å²) >= 11 is 1.89. The third kappa shape index (κ3) is 3.75. The lowest BCUT2D eigenvalue weighted by Gasteiger charge is -2.20. The summed E-state index contributed by atoms with van der Waals surface area (Å²) in [6.07, 6.45) is 0.925. The van der Waals surface area contributed by atoms with E-state index in [-0.39, 0.29) is 11.7 Å². The van der Waals surface area contributed by atoms with E-state index in [1.807, 2.05) is 22.7 Å². The van der Waals surface area contributed by atoms with E-state index in [0.717, 1.165) is 12.2 Å². The van der Waals surface area contributed by atoms with Crippen LogP contribution in [0, 0.1) is 12.7 Å². The van der Waals surface area contributed by atoms with Crippen molar-refractivity contribution in [3.63, 3.8) is 0 Å². The number of carbonyl (C=O) groups is 1. The lowest BCUT2D eigenvalue weighted by Crippen LogP contribution is -2.33. The van der Waals surface area contributed by atoms with Gasteiger partial charge >= 0.3 is 0 Å². The van der Waals surface area contributed by atoms with Crippen molar-refractivity contribution < 1.29 is 9.18 Å². The van der Waals surface area contributed by atoms with Crippen LogP contribution >= 0.6 is 11.8 Å². The number of hydrogen-bond acceptors (Lipinski definition) is 2. The number of benzene rings is 2. The Hall–Kier alpha value is -1.81. The number of carbonyl (C=O) groups excluding carboxylic acids is 1. The zero-order valence-corrected chi connectivity index (χ0v) is 14.0. The summed E-state index contributed by atoms with van der Waals surface area (Å²) in [6.45, 7) is 3.12. The summed E-state index contributed by atoms with van der Waals surface area (Å²) in [6, 6.07) is 15.2. The molecule has 0 spiro atoms. The summed E-state index contributed by atoms with van der Waals surface area (Å²) < 4.78 is 13.7. The molecule has 2 aromatic rings. The Morgan fingerprint density at radius 3 is 2.70 bits per heavy atom. The molecule has 23 heavy (non-hydrogen) atoms. The number of thioether (sulfide) groups is 1. The molecule has 0 saturated carbocycles. The van der Waals surface area contributed by atoms with Crippen LogP contribution in [-0.4, -0.2) is 29.6 Å². The highest BCUT2D eigenvalue weighted by Crippen LogP contribution is 2.34. The fraction of sp³-hybridized carbons (Fsp3) is 0.316. The zero-order chi connectivity index (χ0) is 16.2. The van der Waals surface area contributed by atoms with Crippen molar-refractivity contribution in [1.82, 2.24) is 4.90 Å². The largest absolute Gasteiger partial charge is 0.338 e. The molecular formula is C19H20FNOS. The smallest absolute Gasteiger partial charge is 0.253 e. The van der Waals surface area contributed by atoms with E-state index in [1.165, 1.54) is 11.6 Å². The third-order valence-corrected chi connectivity index (χ3v) is 5.55. The molecular weight excluding hydrogens is 309 g/mol. The minimum absolute atomic E-state index is 0.0711. The maximum absolute atomic E-state index is 13.7.